The maximum atomic E-state index is 12.9. The Morgan fingerprint density at radius 2 is 1.63 bits per heavy atom. The smallest absolute Gasteiger partial charge is 0.329 e. The number of fused-ring (bicyclic) bond motifs is 1. The molecule has 0 spiro atoms. The quantitative estimate of drug-likeness (QED) is 0.190. The van der Waals surface area contributed by atoms with Crippen molar-refractivity contribution in [2.24, 2.45) is 5.92 Å². The number of nitrogens with zero attached hydrogens (tertiary/aromatic N) is 1. The van der Waals surface area contributed by atoms with Crippen molar-refractivity contribution in [1.29, 1.82) is 0 Å². The first-order valence-electron chi connectivity index (χ1n) is 11.8. The molecule has 1 heterocycles. The Morgan fingerprint density at radius 3 is 2.18 bits per heavy atom. The van der Waals surface area contributed by atoms with Crippen LogP contribution in [0.4, 0.5) is 11.4 Å². The van der Waals surface area contributed by atoms with Gasteiger partial charge in [0.05, 0.1) is 7.11 Å². The molecule has 1 aromatic heterocycles. The zero-order chi connectivity index (χ0) is 27.6. The van der Waals surface area contributed by atoms with E-state index in [2.05, 4.69) is 21.2 Å². The Labute approximate surface area is 231 Å². The molecule has 0 saturated heterocycles. The number of benzene rings is 3. The van der Waals surface area contributed by atoms with Crippen LogP contribution in [0.3, 0.4) is 0 Å². The third-order valence-corrected chi connectivity index (χ3v) is 7.44. The lowest BCUT2D eigenvalue weighted by molar-refractivity contribution is -0.142. The van der Waals surface area contributed by atoms with Crippen molar-refractivity contribution in [2.75, 3.05) is 16.7 Å². The number of carbonyl (C=O) groups excluding carboxylic acids is 2. The van der Waals surface area contributed by atoms with E-state index >= 15 is 0 Å². The SMILES string of the molecule is COC(=O)C(C(C)C)N(c1ccc(-c2ccc(NC(=O)c3oc4ccc(Br)cc4c3C)cc2)cc1)S(=O)[O-]. The van der Waals surface area contributed by atoms with Gasteiger partial charge in [-0.05, 0) is 66.4 Å². The van der Waals surface area contributed by atoms with E-state index in [0.29, 0.717) is 17.0 Å². The van der Waals surface area contributed by atoms with E-state index in [1.54, 1.807) is 50.2 Å². The first-order chi connectivity index (χ1) is 18.1. The van der Waals surface area contributed by atoms with Crippen LogP contribution in [0.2, 0.25) is 0 Å². The fourth-order valence-electron chi connectivity index (χ4n) is 4.24. The van der Waals surface area contributed by atoms with Crippen LogP contribution in [0.15, 0.2) is 75.6 Å². The maximum Gasteiger partial charge on any atom is 0.329 e. The number of aryl methyl sites for hydroxylation is 1. The van der Waals surface area contributed by atoms with Gasteiger partial charge in [-0.3, -0.25) is 13.3 Å². The summed E-state index contributed by atoms with van der Waals surface area (Å²) in [5.74, 6) is -1.02. The summed E-state index contributed by atoms with van der Waals surface area (Å²) in [4.78, 5) is 25.1. The molecular formula is C28H26BrN2O6S-. The number of hydrogen-bond donors (Lipinski definition) is 1. The van der Waals surface area contributed by atoms with E-state index in [4.69, 9.17) is 9.15 Å². The second kappa shape index (κ2) is 11.5. The summed E-state index contributed by atoms with van der Waals surface area (Å²) in [6, 6.07) is 18.7. The van der Waals surface area contributed by atoms with Gasteiger partial charge >= 0.3 is 5.97 Å². The molecule has 0 aliphatic heterocycles. The molecule has 8 nitrogen and oxygen atoms in total. The minimum absolute atomic E-state index is 0.254. The lowest BCUT2D eigenvalue weighted by Gasteiger charge is -2.35. The highest BCUT2D eigenvalue weighted by molar-refractivity contribution is 9.10. The third-order valence-electron chi connectivity index (χ3n) is 6.19. The average Bonchev–Trinajstić information content (AvgIpc) is 3.22. The van der Waals surface area contributed by atoms with Crippen LogP contribution >= 0.6 is 15.9 Å². The van der Waals surface area contributed by atoms with E-state index in [-0.39, 0.29) is 17.6 Å². The van der Waals surface area contributed by atoms with Crippen molar-refractivity contribution in [2.45, 2.75) is 26.8 Å². The summed E-state index contributed by atoms with van der Waals surface area (Å²) in [5, 5.41) is 3.73. The molecule has 38 heavy (non-hydrogen) atoms. The van der Waals surface area contributed by atoms with Crippen molar-refractivity contribution >= 4 is 61.4 Å². The first kappa shape index (κ1) is 27.6. The number of furan rings is 1. The van der Waals surface area contributed by atoms with Crippen molar-refractivity contribution in [3.63, 3.8) is 0 Å². The van der Waals surface area contributed by atoms with Crippen molar-refractivity contribution in [3.05, 3.63) is 82.5 Å². The van der Waals surface area contributed by atoms with Gasteiger partial charge < -0.3 is 19.0 Å². The number of anilines is 2. The minimum atomic E-state index is -2.68. The molecule has 198 valence electrons. The highest BCUT2D eigenvalue weighted by atomic mass is 79.9. The van der Waals surface area contributed by atoms with Gasteiger partial charge in [0.25, 0.3) is 5.91 Å². The molecule has 1 amide bonds. The summed E-state index contributed by atoms with van der Waals surface area (Å²) in [6.45, 7) is 5.35. The topological polar surface area (TPSA) is 112 Å². The molecule has 2 atom stereocenters. The van der Waals surface area contributed by atoms with Crippen LogP contribution in [-0.4, -0.2) is 33.8 Å². The Kier molecular flexibility index (Phi) is 8.35. The fourth-order valence-corrected chi connectivity index (χ4v) is 5.41. The van der Waals surface area contributed by atoms with Gasteiger partial charge in [-0.2, -0.15) is 0 Å². The Balaban J connectivity index is 1.51. The Hall–Kier alpha value is -3.47. The Bertz CT molecular complexity index is 1500. The van der Waals surface area contributed by atoms with Crippen molar-refractivity contribution in [3.8, 4) is 11.1 Å². The molecule has 3 aromatic carbocycles. The lowest BCUT2D eigenvalue weighted by atomic mass is 10.0. The van der Waals surface area contributed by atoms with Gasteiger partial charge in [-0.1, -0.05) is 54.0 Å². The van der Waals surface area contributed by atoms with E-state index in [9.17, 15) is 18.4 Å². The molecule has 2 unspecified atom stereocenters. The number of nitrogens with one attached hydrogen (secondary N) is 1. The van der Waals surface area contributed by atoms with Crippen LogP contribution in [0, 0.1) is 12.8 Å². The van der Waals surface area contributed by atoms with Gasteiger partial charge in [0.15, 0.2) is 5.76 Å². The van der Waals surface area contributed by atoms with Gasteiger partial charge in [-0.25, -0.2) is 4.79 Å². The zero-order valence-electron chi connectivity index (χ0n) is 21.2. The normalized spacial score (nSPS) is 12.8. The molecule has 4 aromatic rings. The summed E-state index contributed by atoms with van der Waals surface area (Å²) in [6.07, 6.45) is 0. The minimum Gasteiger partial charge on any atom is -0.755 e. The summed E-state index contributed by atoms with van der Waals surface area (Å²) < 4.78 is 36.5. The molecule has 1 N–H and O–H groups in total. The van der Waals surface area contributed by atoms with E-state index in [1.807, 2.05) is 37.3 Å². The molecule has 4 rings (SSSR count). The summed E-state index contributed by atoms with van der Waals surface area (Å²) in [5.41, 5.74) is 4.05. The van der Waals surface area contributed by atoms with Crippen LogP contribution in [0.25, 0.3) is 22.1 Å². The van der Waals surface area contributed by atoms with Gasteiger partial charge in [0.1, 0.15) is 11.6 Å². The van der Waals surface area contributed by atoms with Gasteiger partial charge in [0, 0.05) is 38.1 Å². The number of methoxy groups -OCH3 is 1. The highest BCUT2D eigenvalue weighted by Crippen LogP contribution is 2.30. The van der Waals surface area contributed by atoms with Crippen molar-refractivity contribution in [1.82, 2.24) is 0 Å². The molecule has 0 aliphatic rings. The maximum absolute atomic E-state index is 12.9. The number of carbonyl (C=O) groups is 2. The van der Waals surface area contributed by atoms with Crippen LogP contribution < -0.4 is 9.62 Å². The molecule has 0 aliphatic carbocycles. The number of hydrogen-bond acceptors (Lipinski definition) is 6. The van der Waals surface area contributed by atoms with Crippen LogP contribution in [0.5, 0.6) is 0 Å². The summed E-state index contributed by atoms with van der Waals surface area (Å²) in [7, 11) is 1.23. The highest BCUT2D eigenvalue weighted by Gasteiger charge is 2.31. The number of ether oxygens (including phenoxy) is 1. The second-order valence-electron chi connectivity index (χ2n) is 9.03. The van der Waals surface area contributed by atoms with E-state index in [1.165, 1.54) is 7.11 Å². The van der Waals surface area contributed by atoms with Crippen LogP contribution in [-0.2, 0) is 20.8 Å². The average molecular weight is 598 g/mol. The molecule has 0 bridgehead atoms. The molecule has 0 saturated carbocycles. The number of halogens is 1. The third kappa shape index (κ3) is 5.67. The van der Waals surface area contributed by atoms with E-state index < -0.39 is 23.3 Å². The first-order valence-corrected chi connectivity index (χ1v) is 13.6. The van der Waals surface area contributed by atoms with E-state index in [0.717, 1.165) is 30.9 Å². The lowest BCUT2D eigenvalue weighted by Crippen LogP contribution is -2.46. The summed E-state index contributed by atoms with van der Waals surface area (Å²) >= 11 is 0.761. The predicted octanol–water partition coefficient (Wildman–Crippen LogP) is 6.22. The Morgan fingerprint density at radius 1 is 1.03 bits per heavy atom. The second-order valence-corrected chi connectivity index (χ2v) is 10.8. The largest absolute Gasteiger partial charge is 0.755 e. The predicted molar refractivity (Wildman–Crippen MR) is 151 cm³/mol. The number of amides is 1. The van der Waals surface area contributed by atoms with Gasteiger partial charge in [0.2, 0.25) is 0 Å². The molecular weight excluding hydrogens is 572 g/mol. The van der Waals surface area contributed by atoms with Gasteiger partial charge in [-0.15, -0.1) is 0 Å². The van der Waals surface area contributed by atoms with Crippen molar-refractivity contribution < 1.29 is 27.5 Å². The number of rotatable bonds is 8. The molecule has 10 heteroatoms. The zero-order valence-corrected chi connectivity index (χ0v) is 23.6. The monoisotopic (exact) mass is 597 g/mol. The standard InChI is InChI=1S/C28H27BrN2O6S/c1-16(2)25(28(33)36-4)31(38(34)35)22-12-7-19(8-13-22)18-5-10-21(11-6-18)30-27(32)26-17(3)23-15-20(29)9-14-24(23)37-26/h5-16,25H,1-4H3,(H,30,32)(H,34,35)/p-1. The van der Waals surface area contributed by atoms with Crippen LogP contribution in [0.1, 0.15) is 30.0 Å². The molecule has 0 radical (unpaired) electrons. The molecule has 0 fully saturated rings. The fraction of sp³-hybridized carbons (Fsp3) is 0.214. The number of esters is 1.